The molecular formula is C19H18ClNO4. The van der Waals surface area contributed by atoms with E-state index in [0.717, 1.165) is 42.8 Å². The summed E-state index contributed by atoms with van der Waals surface area (Å²) in [5.41, 5.74) is 4.71. The molecule has 0 unspecified atom stereocenters. The maximum atomic E-state index is 10.2. The Morgan fingerprint density at radius 1 is 1.24 bits per heavy atom. The number of halogens is 1. The molecule has 3 aliphatic rings. The number of hydrogen-bond donors (Lipinski definition) is 1. The van der Waals surface area contributed by atoms with Gasteiger partial charge in [-0.05, 0) is 53.3 Å². The second-order valence-electron chi connectivity index (χ2n) is 6.73. The van der Waals surface area contributed by atoms with E-state index in [9.17, 15) is 5.11 Å². The summed E-state index contributed by atoms with van der Waals surface area (Å²) in [6.45, 7) is 2.02. The van der Waals surface area contributed by atoms with Crippen molar-refractivity contribution in [1.82, 2.24) is 4.90 Å². The van der Waals surface area contributed by atoms with Crippen molar-refractivity contribution in [2.75, 3.05) is 20.4 Å². The fourth-order valence-corrected chi connectivity index (χ4v) is 4.57. The normalized spacial score (nSPS) is 20.6. The van der Waals surface area contributed by atoms with Crippen LogP contribution in [0.5, 0.6) is 23.0 Å². The third-order valence-corrected chi connectivity index (χ3v) is 5.88. The Labute approximate surface area is 150 Å². The maximum Gasteiger partial charge on any atom is 0.231 e. The van der Waals surface area contributed by atoms with Gasteiger partial charge in [0.15, 0.2) is 23.0 Å². The van der Waals surface area contributed by atoms with Gasteiger partial charge in [0.2, 0.25) is 6.79 Å². The predicted octanol–water partition coefficient (Wildman–Crippen LogP) is 3.44. The number of aromatic hydroxyl groups is 1. The second-order valence-corrected chi connectivity index (χ2v) is 7.10. The quantitative estimate of drug-likeness (QED) is 0.845. The van der Waals surface area contributed by atoms with Crippen LogP contribution in [-0.4, -0.2) is 30.5 Å². The molecule has 0 amide bonds. The maximum absolute atomic E-state index is 10.2. The second kappa shape index (κ2) is 5.44. The highest BCUT2D eigenvalue weighted by molar-refractivity contribution is 6.33. The van der Waals surface area contributed by atoms with Crippen molar-refractivity contribution in [3.8, 4) is 23.0 Å². The zero-order valence-corrected chi connectivity index (χ0v) is 14.6. The number of rotatable bonds is 1. The molecule has 1 N–H and O–H groups in total. The molecule has 3 aliphatic heterocycles. The summed E-state index contributed by atoms with van der Waals surface area (Å²) in [7, 11) is 1.58. The van der Waals surface area contributed by atoms with Gasteiger partial charge in [0.25, 0.3) is 0 Å². The summed E-state index contributed by atoms with van der Waals surface area (Å²) in [5.74, 6) is 2.11. The lowest BCUT2D eigenvalue weighted by Gasteiger charge is -2.41. The van der Waals surface area contributed by atoms with Crippen molar-refractivity contribution < 1.29 is 19.3 Å². The molecule has 5 rings (SSSR count). The molecular weight excluding hydrogens is 342 g/mol. The Morgan fingerprint density at radius 3 is 2.96 bits per heavy atom. The Hall–Kier alpha value is -2.11. The van der Waals surface area contributed by atoms with Crippen molar-refractivity contribution in [2.45, 2.75) is 25.4 Å². The number of hydrogen-bond acceptors (Lipinski definition) is 5. The molecule has 3 heterocycles. The van der Waals surface area contributed by atoms with Gasteiger partial charge in [0.05, 0.1) is 12.1 Å². The number of methoxy groups -OCH3 is 1. The summed E-state index contributed by atoms with van der Waals surface area (Å²) < 4.78 is 16.3. The monoisotopic (exact) mass is 359 g/mol. The molecule has 0 aromatic heterocycles. The molecule has 5 nitrogen and oxygen atoms in total. The Kier molecular flexibility index (Phi) is 3.30. The van der Waals surface area contributed by atoms with Gasteiger partial charge in [-0.2, -0.15) is 0 Å². The molecule has 25 heavy (non-hydrogen) atoms. The number of benzene rings is 2. The fraction of sp³-hybridized carbons (Fsp3) is 0.368. The lowest BCUT2D eigenvalue weighted by molar-refractivity contribution is 0.160. The van der Waals surface area contributed by atoms with Gasteiger partial charge in [-0.1, -0.05) is 11.6 Å². The first kappa shape index (κ1) is 15.2. The smallest absolute Gasteiger partial charge is 0.231 e. The first-order valence-electron chi connectivity index (χ1n) is 8.39. The Morgan fingerprint density at radius 2 is 2.12 bits per heavy atom. The lowest BCUT2D eigenvalue weighted by atomic mass is 9.83. The number of ether oxygens (including phenoxy) is 3. The van der Waals surface area contributed by atoms with Gasteiger partial charge in [-0.3, -0.25) is 4.90 Å². The molecule has 0 fully saturated rings. The molecule has 130 valence electrons. The fourth-order valence-electron chi connectivity index (χ4n) is 4.23. The summed E-state index contributed by atoms with van der Waals surface area (Å²) in [6.07, 6.45) is 1.74. The van der Waals surface area contributed by atoms with Crippen LogP contribution in [-0.2, 0) is 19.4 Å². The molecule has 2 aromatic rings. The van der Waals surface area contributed by atoms with Crippen LogP contribution in [0.3, 0.4) is 0 Å². The van der Waals surface area contributed by atoms with E-state index in [1.807, 2.05) is 12.1 Å². The minimum absolute atomic E-state index is 0.186. The molecule has 0 saturated carbocycles. The van der Waals surface area contributed by atoms with E-state index in [1.165, 1.54) is 11.1 Å². The highest BCUT2D eigenvalue weighted by atomic mass is 35.5. The van der Waals surface area contributed by atoms with Gasteiger partial charge in [0.1, 0.15) is 0 Å². The van der Waals surface area contributed by atoms with E-state index in [4.69, 9.17) is 25.8 Å². The van der Waals surface area contributed by atoms with Crippen LogP contribution in [0.2, 0.25) is 5.02 Å². The topological polar surface area (TPSA) is 51.2 Å². The first-order chi connectivity index (χ1) is 12.2. The van der Waals surface area contributed by atoms with Crippen LogP contribution in [0.15, 0.2) is 18.2 Å². The summed E-state index contributed by atoms with van der Waals surface area (Å²) in [6, 6.07) is 6.06. The van der Waals surface area contributed by atoms with Crippen molar-refractivity contribution in [2.24, 2.45) is 0 Å². The van der Waals surface area contributed by atoms with E-state index < -0.39 is 0 Å². The predicted molar refractivity (Wildman–Crippen MR) is 92.8 cm³/mol. The minimum Gasteiger partial charge on any atom is -0.504 e. The molecule has 0 radical (unpaired) electrons. The van der Waals surface area contributed by atoms with Crippen LogP contribution in [0, 0.1) is 0 Å². The summed E-state index contributed by atoms with van der Waals surface area (Å²) in [4.78, 5) is 2.44. The Bertz CT molecular complexity index is 882. The molecule has 1 atom stereocenters. The van der Waals surface area contributed by atoms with Crippen molar-refractivity contribution in [3.63, 3.8) is 0 Å². The van der Waals surface area contributed by atoms with Crippen LogP contribution in [0.25, 0.3) is 0 Å². The molecule has 6 heteroatoms. The molecule has 0 bridgehead atoms. The highest BCUT2D eigenvalue weighted by Crippen LogP contribution is 2.48. The average Bonchev–Trinajstić information content (AvgIpc) is 3.09. The molecule has 2 aromatic carbocycles. The SMILES string of the molecule is COc1cc2c(cc1O)[C@@H]1Cc3c(cc4c(c3Cl)OCO4)CN1CC2. The van der Waals surface area contributed by atoms with Gasteiger partial charge < -0.3 is 19.3 Å². The highest BCUT2D eigenvalue weighted by Gasteiger charge is 2.36. The lowest BCUT2D eigenvalue weighted by Crippen LogP contribution is -2.39. The van der Waals surface area contributed by atoms with Crippen molar-refractivity contribution in [3.05, 3.63) is 45.5 Å². The van der Waals surface area contributed by atoms with Crippen LogP contribution < -0.4 is 14.2 Å². The van der Waals surface area contributed by atoms with Crippen LogP contribution >= 0.6 is 11.6 Å². The van der Waals surface area contributed by atoms with Gasteiger partial charge >= 0.3 is 0 Å². The van der Waals surface area contributed by atoms with E-state index in [0.29, 0.717) is 16.5 Å². The largest absolute Gasteiger partial charge is 0.504 e. The van der Waals surface area contributed by atoms with Crippen molar-refractivity contribution >= 4 is 11.6 Å². The molecule has 0 saturated heterocycles. The zero-order valence-electron chi connectivity index (χ0n) is 13.8. The van der Waals surface area contributed by atoms with Crippen molar-refractivity contribution in [1.29, 1.82) is 0 Å². The summed E-state index contributed by atoms with van der Waals surface area (Å²) in [5, 5.41) is 10.9. The van der Waals surface area contributed by atoms with E-state index in [2.05, 4.69) is 11.0 Å². The first-order valence-corrected chi connectivity index (χ1v) is 8.77. The number of phenolic OH excluding ortho intramolecular Hbond substituents is 1. The van der Waals surface area contributed by atoms with Gasteiger partial charge in [-0.25, -0.2) is 0 Å². The van der Waals surface area contributed by atoms with Gasteiger partial charge in [-0.15, -0.1) is 0 Å². The Balaban J connectivity index is 1.59. The minimum atomic E-state index is 0.186. The third-order valence-electron chi connectivity index (χ3n) is 5.48. The molecule has 0 aliphatic carbocycles. The number of nitrogens with zero attached hydrogens (tertiary/aromatic N) is 1. The van der Waals surface area contributed by atoms with Gasteiger partial charge in [0, 0.05) is 19.1 Å². The zero-order chi connectivity index (χ0) is 17.1. The molecule has 0 spiro atoms. The van der Waals surface area contributed by atoms with Crippen LogP contribution in [0.1, 0.15) is 28.3 Å². The van der Waals surface area contributed by atoms with E-state index >= 15 is 0 Å². The average molecular weight is 360 g/mol. The van der Waals surface area contributed by atoms with E-state index in [-0.39, 0.29) is 18.6 Å². The summed E-state index contributed by atoms with van der Waals surface area (Å²) >= 11 is 6.62. The van der Waals surface area contributed by atoms with Crippen LogP contribution in [0.4, 0.5) is 0 Å². The van der Waals surface area contributed by atoms with E-state index in [1.54, 1.807) is 7.11 Å². The number of fused-ring (bicyclic) bond motifs is 5. The third kappa shape index (κ3) is 2.19. The standard InChI is InChI=1S/C19H18ClNO4/c1-23-16-4-10-2-3-21-8-11-5-17-19(25-9-24-17)18(20)13(11)6-14(21)12(10)7-15(16)22/h4-5,7,14,22H,2-3,6,8-9H2,1H3/t14-/m0/s1. The number of phenols is 1.